The SMILES string of the molecule is CCn1c(=O)c2[nH]c(C34CC5CC(CC(C5)C3)C4)nc2n(CC)c1=O. The topological polar surface area (TPSA) is 72.7 Å². The minimum absolute atomic E-state index is 0.103. The van der Waals surface area contributed by atoms with Gasteiger partial charge >= 0.3 is 5.69 Å². The lowest BCUT2D eigenvalue weighted by Gasteiger charge is -2.55. The van der Waals surface area contributed by atoms with Gasteiger partial charge in [0, 0.05) is 18.5 Å². The van der Waals surface area contributed by atoms with Crippen molar-refractivity contribution in [3.05, 3.63) is 26.7 Å². The fraction of sp³-hybridized carbons (Fsp3) is 0.737. The average molecular weight is 342 g/mol. The number of aryl methyl sites for hydroxylation is 1. The van der Waals surface area contributed by atoms with Crippen molar-refractivity contribution in [2.75, 3.05) is 0 Å². The third-order valence-corrected chi connectivity index (χ3v) is 7.03. The summed E-state index contributed by atoms with van der Waals surface area (Å²) in [5.41, 5.74) is 0.690. The van der Waals surface area contributed by atoms with Crippen LogP contribution in [0.5, 0.6) is 0 Å². The molecule has 0 aliphatic heterocycles. The molecule has 2 aromatic heterocycles. The van der Waals surface area contributed by atoms with Crippen LogP contribution in [0.4, 0.5) is 0 Å². The minimum atomic E-state index is -0.244. The molecule has 25 heavy (non-hydrogen) atoms. The number of rotatable bonds is 3. The van der Waals surface area contributed by atoms with Gasteiger partial charge in [0.25, 0.3) is 5.56 Å². The molecule has 0 radical (unpaired) electrons. The van der Waals surface area contributed by atoms with Gasteiger partial charge in [0.05, 0.1) is 0 Å². The van der Waals surface area contributed by atoms with Crippen LogP contribution in [0.1, 0.15) is 58.2 Å². The standard InChI is InChI=1S/C19H26N4O2/c1-3-22-15-14(16(24)23(4-2)18(22)25)20-17(21-15)19-8-11-5-12(9-19)7-13(6-11)10-19/h11-13H,3-10H2,1-2H3,(H,20,21). The summed E-state index contributed by atoms with van der Waals surface area (Å²) in [6, 6.07) is 0. The number of aromatic amines is 1. The minimum Gasteiger partial charge on any atom is -0.336 e. The first kappa shape index (κ1) is 15.4. The third kappa shape index (κ3) is 1.99. The van der Waals surface area contributed by atoms with E-state index in [2.05, 4.69) is 4.98 Å². The van der Waals surface area contributed by atoms with Crippen molar-refractivity contribution in [1.29, 1.82) is 0 Å². The summed E-state index contributed by atoms with van der Waals surface area (Å²) >= 11 is 0. The molecule has 2 heterocycles. The second-order valence-corrected chi connectivity index (χ2v) is 8.56. The molecular weight excluding hydrogens is 316 g/mol. The zero-order valence-corrected chi connectivity index (χ0v) is 15.0. The molecule has 0 saturated heterocycles. The summed E-state index contributed by atoms with van der Waals surface area (Å²) in [6.07, 6.45) is 7.71. The number of nitrogens with one attached hydrogen (secondary N) is 1. The monoisotopic (exact) mass is 342 g/mol. The highest BCUT2D eigenvalue weighted by Crippen LogP contribution is 2.60. The molecule has 4 fully saturated rings. The maximum atomic E-state index is 12.8. The van der Waals surface area contributed by atoms with E-state index in [1.165, 1.54) is 43.1 Å². The van der Waals surface area contributed by atoms with Crippen molar-refractivity contribution in [2.45, 2.75) is 70.9 Å². The third-order valence-electron chi connectivity index (χ3n) is 7.03. The van der Waals surface area contributed by atoms with Crippen molar-refractivity contribution in [3.63, 3.8) is 0 Å². The van der Waals surface area contributed by atoms with Gasteiger partial charge in [0.2, 0.25) is 0 Å². The Kier molecular flexibility index (Phi) is 3.13. The molecule has 6 heteroatoms. The van der Waals surface area contributed by atoms with Gasteiger partial charge in [-0.15, -0.1) is 0 Å². The van der Waals surface area contributed by atoms with Crippen LogP contribution in [0.25, 0.3) is 11.2 Å². The van der Waals surface area contributed by atoms with Crippen LogP contribution in [-0.2, 0) is 18.5 Å². The number of imidazole rings is 1. The molecule has 0 unspecified atom stereocenters. The summed E-state index contributed by atoms with van der Waals surface area (Å²) in [7, 11) is 0. The van der Waals surface area contributed by atoms with Gasteiger partial charge in [0.1, 0.15) is 11.3 Å². The Morgan fingerprint density at radius 3 is 2.08 bits per heavy atom. The Labute approximate surface area is 146 Å². The molecule has 4 aliphatic carbocycles. The smallest absolute Gasteiger partial charge is 0.332 e. The van der Waals surface area contributed by atoms with Crippen LogP contribution in [-0.4, -0.2) is 19.1 Å². The molecule has 1 N–H and O–H groups in total. The molecule has 0 aromatic carbocycles. The van der Waals surface area contributed by atoms with Crippen LogP contribution in [0, 0.1) is 17.8 Å². The zero-order chi connectivity index (χ0) is 17.3. The predicted molar refractivity (Wildman–Crippen MR) is 95.8 cm³/mol. The van der Waals surface area contributed by atoms with Gasteiger partial charge in [-0.05, 0) is 70.1 Å². The molecule has 134 valence electrons. The number of H-pyrrole nitrogens is 1. The molecule has 6 nitrogen and oxygen atoms in total. The highest BCUT2D eigenvalue weighted by Gasteiger charge is 2.53. The van der Waals surface area contributed by atoms with Crippen molar-refractivity contribution >= 4 is 11.2 Å². The zero-order valence-electron chi connectivity index (χ0n) is 15.0. The quantitative estimate of drug-likeness (QED) is 0.931. The second kappa shape index (κ2) is 5.08. The molecule has 4 aliphatic rings. The summed E-state index contributed by atoms with van der Waals surface area (Å²) in [4.78, 5) is 33.6. The lowest BCUT2D eigenvalue weighted by atomic mass is 9.49. The van der Waals surface area contributed by atoms with Crippen LogP contribution in [0.3, 0.4) is 0 Å². The van der Waals surface area contributed by atoms with Gasteiger partial charge in [-0.2, -0.15) is 0 Å². The Balaban J connectivity index is 1.73. The number of nitrogens with zero attached hydrogens (tertiary/aromatic N) is 3. The normalized spacial score (nSPS) is 33.4. The Hall–Kier alpha value is -1.85. The van der Waals surface area contributed by atoms with Gasteiger partial charge in [0.15, 0.2) is 5.65 Å². The lowest BCUT2D eigenvalue weighted by molar-refractivity contribution is -0.00889. The van der Waals surface area contributed by atoms with Crippen LogP contribution < -0.4 is 11.2 Å². The van der Waals surface area contributed by atoms with E-state index in [1.807, 2.05) is 13.8 Å². The van der Waals surface area contributed by atoms with E-state index in [0.717, 1.165) is 23.6 Å². The number of aromatic nitrogens is 4. The maximum Gasteiger partial charge on any atom is 0.332 e. The Morgan fingerprint density at radius 2 is 1.56 bits per heavy atom. The molecule has 4 saturated carbocycles. The fourth-order valence-electron chi connectivity index (χ4n) is 6.38. The second-order valence-electron chi connectivity index (χ2n) is 8.56. The first-order valence-electron chi connectivity index (χ1n) is 9.78. The van der Waals surface area contributed by atoms with Crippen molar-refractivity contribution in [1.82, 2.24) is 19.1 Å². The number of hydrogen-bond donors (Lipinski definition) is 1. The predicted octanol–water partition coefficient (Wildman–Crippen LogP) is 2.39. The molecule has 2 aromatic rings. The molecule has 4 bridgehead atoms. The number of hydrogen-bond acceptors (Lipinski definition) is 3. The van der Waals surface area contributed by atoms with E-state index in [0.29, 0.717) is 24.3 Å². The lowest BCUT2D eigenvalue weighted by Crippen LogP contribution is -2.49. The summed E-state index contributed by atoms with van der Waals surface area (Å²) in [5, 5.41) is 0. The van der Waals surface area contributed by atoms with Crippen LogP contribution >= 0.6 is 0 Å². The van der Waals surface area contributed by atoms with E-state index in [9.17, 15) is 9.59 Å². The van der Waals surface area contributed by atoms with Crippen molar-refractivity contribution < 1.29 is 0 Å². The van der Waals surface area contributed by atoms with E-state index in [-0.39, 0.29) is 16.7 Å². The fourth-order valence-corrected chi connectivity index (χ4v) is 6.38. The van der Waals surface area contributed by atoms with E-state index < -0.39 is 0 Å². The van der Waals surface area contributed by atoms with Crippen molar-refractivity contribution in [3.8, 4) is 0 Å². The summed E-state index contributed by atoms with van der Waals surface area (Å²) in [5.74, 6) is 3.43. The molecule has 0 atom stereocenters. The largest absolute Gasteiger partial charge is 0.336 e. The van der Waals surface area contributed by atoms with Gasteiger partial charge in [-0.1, -0.05) is 0 Å². The van der Waals surface area contributed by atoms with Crippen molar-refractivity contribution in [2.24, 2.45) is 17.8 Å². The summed E-state index contributed by atoms with van der Waals surface area (Å²) in [6.45, 7) is 4.69. The highest BCUT2D eigenvalue weighted by molar-refractivity contribution is 5.70. The van der Waals surface area contributed by atoms with Gasteiger partial charge < -0.3 is 4.98 Å². The van der Waals surface area contributed by atoms with E-state index in [4.69, 9.17) is 4.98 Å². The summed E-state index contributed by atoms with van der Waals surface area (Å²) < 4.78 is 2.95. The molecular formula is C19H26N4O2. The van der Waals surface area contributed by atoms with Crippen LogP contribution in [0.2, 0.25) is 0 Å². The highest BCUT2D eigenvalue weighted by atomic mass is 16.2. The Bertz CT molecular complexity index is 929. The molecule has 0 spiro atoms. The maximum absolute atomic E-state index is 12.8. The molecule has 0 amide bonds. The number of fused-ring (bicyclic) bond motifs is 1. The van der Waals surface area contributed by atoms with E-state index >= 15 is 0 Å². The molecule has 6 rings (SSSR count). The first-order valence-corrected chi connectivity index (χ1v) is 9.78. The van der Waals surface area contributed by atoms with Gasteiger partial charge in [-0.25, -0.2) is 9.78 Å². The van der Waals surface area contributed by atoms with E-state index in [1.54, 1.807) is 4.57 Å². The van der Waals surface area contributed by atoms with Crippen LogP contribution in [0.15, 0.2) is 9.59 Å². The van der Waals surface area contributed by atoms with Gasteiger partial charge in [-0.3, -0.25) is 13.9 Å². The first-order chi connectivity index (χ1) is 12.0. The Morgan fingerprint density at radius 1 is 1.00 bits per heavy atom. The average Bonchev–Trinajstić information content (AvgIpc) is 3.01.